The predicted octanol–water partition coefficient (Wildman–Crippen LogP) is 1.54. The summed E-state index contributed by atoms with van der Waals surface area (Å²) >= 11 is 1.64. The first-order chi connectivity index (χ1) is 8.88. The lowest BCUT2D eigenvalue weighted by Crippen LogP contribution is -2.19. The van der Waals surface area contributed by atoms with Crippen LogP contribution in [0.5, 0.6) is 0 Å². The third-order valence-electron chi connectivity index (χ3n) is 2.99. The van der Waals surface area contributed by atoms with E-state index >= 15 is 0 Å². The first-order valence-corrected chi connectivity index (χ1v) is 9.13. The molecule has 0 unspecified atom stereocenters. The minimum Gasteiger partial charge on any atom is -0.311 e. The van der Waals surface area contributed by atoms with Gasteiger partial charge in [0.25, 0.3) is 0 Å². The number of hydrogen-bond acceptors (Lipinski definition) is 5. The van der Waals surface area contributed by atoms with E-state index in [-0.39, 0.29) is 5.75 Å². The van der Waals surface area contributed by atoms with Crippen LogP contribution in [0.3, 0.4) is 0 Å². The second-order valence-electron chi connectivity index (χ2n) is 4.80. The van der Waals surface area contributed by atoms with Gasteiger partial charge >= 0.3 is 0 Å². The van der Waals surface area contributed by atoms with E-state index in [4.69, 9.17) is 0 Å². The third-order valence-corrected chi connectivity index (χ3v) is 4.96. The van der Waals surface area contributed by atoms with Gasteiger partial charge in [-0.05, 0) is 26.8 Å². The zero-order valence-corrected chi connectivity index (χ0v) is 13.1. The summed E-state index contributed by atoms with van der Waals surface area (Å²) in [6.45, 7) is 5.49. The van der Waals surface area contributed by atoms with Gasteiger partial charge in [0, 0.05) is 23.9 Å². The Morgan fingerprint density at radius 3 is 2.84 bits per heavy atom. The maximum Gasteiger partial charge on any atom is 0.194 e. The van der Waals surface area contributed by atoms with Crippen LogP contribution in [0.2, 0.25) is 0 Å². The van der Waals surface area contributed by atoms with Crippen LogP contribution in [-0.2, 0) is 16.4 Å². The zero-order chi connectivity index (χ0) is 14.0. The molecule has 0 radical (unpaired) electrons. The summed E-state index contributed by atoms with van der Waals surface area (Å²) in [5.41, 5.74) is 3.38. The molecule has 19 heavy (non-hydrogen) atoms. The molecule has 2 aromatic heterocycles. The average molecular weight is 301 g/mol. The first-order valence-electron chi connectivity index (χ1n) is 6.19. The summed E-state index contributed by atoms with van der Waals surface area (Å²) in [6, 6.07) is 0. The topological polar surface area (TPSA) is 63.5 Å². The van der Waals surface area contributed by atoms with Crippen LogP contribution in [0.25, 0.3) is 4.96 Å². The SMILES string of the molecule is Cc1nc2scc(C)n2c1CNCCCS(C)(=O)=O. The molecule has 0 atom stereocenters. The summed E-state index contributed by atoms with van der Waals surface area (Å²) < 4.78 is 24.2. The highest BCUT2D eigenvalue weighted by Gasteiger charge is 2.11. The number of fused-ring (bicyclic) bond motifs is 1. The summed E-state index contributed by atoms with van der Waals surface area (Å²) in [5.74, 6) is 0.234. The van der Waals surface area contributed by atoms with E-state index < -0.39 is 9.84 Å². The Kier molecular flexibility index (Phi) is 4.27. The predicted molar refractivity (Wildman–Crippen MR) is 78.6 cm³/mol. The van der Waals surface area contributed by atoms with E-state index in [2.05, 4.69) is 27.0 Å². The normalized spacial score (nSPS) is 12.4. The molecule has 0 bridgehead atoms. The molecule has 106 valence electrons. The van der Waals surface area contributed by atoms with Crippen molar-refractivity contribution in [3.63, 3.8) is 0 Å². The van der Waals surface area contributed by atoms with Crippen molar-refractivity contribution in [3.8, 4) is 0 Å². The maximum atomic E-state index is 11.0. The van der Waals surface area contributed by atoms with Crippen molar-refractivity contribution in [3.05, 3.63) is 22.5 Å². The molecule has 2 rings (SSSR count). The molecule has 7 heteroatoms. The number of thiazole rings is 1. The van der Waals surface area contributed by atoms with Crippen LogP contribution < -0.4 is 5.32 Å². The molecule has 1 N–H and O–H groups in total. The Morgan fingerprint density at radius 1 is 1.42 bits per heavy atom. The molecule has 0 saturated heterocycles. The summed E-state index contributed by atoms with van der Waals surface area (Å²) in [5, 5.41) is 5.38. The summed E-state index contributed by atoms with van der Waals surface area (Å²) in [6.07, 6.45) is 1.91. The minimum absolute atomic E-state index is 0.234. The van der Waals surface area contributed by atoms with Crippen molar-refractivity contribution in [2.24, 2.45) is 0 Å². The van der Waals surface area contributed by atoms with Crippen molar-refractivity contribution < 1.29 is 8.42 Å². The van der Waals surface area contributed by atoms with Crippen LogP contribution in [0.4, 0.5) is 0 Å². The van der Waals surface area contributed by atoms with E-state index in [0.29, 0.717) is 19.5 Å². The van der Waals surface area contributed by atoms with Crippen LogP contribution in [0.1, 0.15) is 23.5 Å². The monoisotopic (exact) mass is 301 g/mol. The lowest BCUT2D eigenvalue weighted by Gasteiger charge is -2.05. The smallest absolute Gasteiger partial charge is 0.194 e. The van der Waals surface area contributed by atoms with Gasteiger partial charge in [0.05, 0.1) is 17.1 Å². The molecule has 2 heterocycles. The average Bonchev–Trinajstić information content (AvgIpc) is 2.78. The molecule has 0 aliphatic heterocycles. The Hall–Kier alpha value is -0.920. The van der Waals surface area contributed by atoms with Gasteiger partial charge in [-0.3, -0.25) is 4.40 Å². The Labute approximate surface area is 117 Å². The van der Waals surface area contributed by atoms with Gasteiger partial charge in [-0.2, -0.15) is 0 Å². The van der Waals surface area contributed by atoms with Gasteiger partial charge in [-0.25, -0.2) is 13.4 Å². The van der Waals surface area contributed by atoms with Crippen molar-refractivity contribution in [2.45, 2.75) is 26.8 Å². The number of sulfone groups is 1. The molecule has 0 spiro atoms. The molecule has 2 aromatic rings. The van der Waals surface area contributed by atoms with E-state index in [1.165, 1.54) is 11.9 Å². The third kappa shape index (κ3) is 3.55. The zero-order valence-electron chi connectivity index (χ0n) is 11.4. The lowest BCUT2D eigenvalue weighted by atomic mass is 10.3. The standard InChI is InChI=1S/C12H19N3O2S2/c1-9-8-18-12-14-10(2)11(15(9)12)7-13-5-4-6-19(3,16)17/h8,13H,4-7H2,1-3H3. The Balaban J connectivity index is 1.95. The number of aromatic nitrogens is 2. The number of nitrogens with zero attached hydrogens (tertiary/aromatic N) is 2. The molecular formula is C12H19N3O2S2. The molecule has 5 nitrogen and oxygen atoms in total. The molecule has 0 amide bonds. The number of imidazole rings is 1. The van der Waals surface area contributed by atoms with Crippen LogP contribution in [-0.4, -0.2) is 36.4 Å². The van der Waals surface area contributed by atoms with Crippen molar-refractivity contribution >= 4 is 26.1 Å². The fraction of sp³-hybridized carbons (Fsp3) is 0.583. The van der Waals surface area contributed by atoms with Crippen molar-refractivity contribution in [2.75, 3.05) is 18.6 Å². The maximum absolute atomic E-state index is 11.0. The van der Waals surface area contributed by atoms with Gasteiger partial charge in [-0.1, -0.05) is 0 Å². The second-order valence-corrected chi connectivity index (χ2v) is 7.90. The van der Waals surface area contributed by atoms with Crippen molar-refractivity contribution in [1.29, 1.82) is 0 Å². The molecule has 0 aliphatic rings. The number of aryl methyl sites for hydroxylation is 2. The van der Waals surface area contributed by atoms with Crippen LogP contribution >= 0.6 is 11.3 Å². The fourth-order valence-electron chi connectivity index (χ4n) is 2.04. The largest absolute Gasteiger partial charge is 0.311 e. The van der Waals surface area contributed by atoms with E-state index in [0.717, 1.165) is 16.3 Å². The minimum atomic E-state index is -2.85. The van der Waals surface area contributed by atoms with Gasteiger partial charge in [-0.15, -0.1) is 11.3 Å². The molecule has 0 fully saturated rings. The number of nitrogens with one attached hydrogen (secondary N) is 1. The van der Waals surface area contributed by atoms with Crippen LogP contribution in [0.15, 0.2) is 5.38 Å². The molecule has 0 saturated carbocycles. The molecule has 0 aromatic carbocycles. The fourth-order valence-corrected chi connectivity index (χ4v) is 3.64. The molecular weight excluding hydrogens is 282 g/mol. The highest BCUT2D eigenvalue weighted by atomic mass is 32.2. The van der Waals surface area contributed by atoms with E-state index in [9.17, 15) is 8.42 Å². The Bertz CT molecular complexity index is 671. The first kappa shape index (κ1) is 14.5. The highest BCUT2D eigenvalue weighted by molar-refractivity contribution is 7.90. The van der Waals surface area contributed by atoms with Crippen LogP contribution in [0, 0.1) is 13.8 Å². The Morgan fingerprint density at radius 2 is 2.16 bits per heavy atom. The van der Waals surface area contributed by atoms with E-state index in [1.54, 1.807) is 11.3 Å². The van der Waals surface area contributed by atoms with E-state index in [1.807, 2.05) is 6.92 Å². The highest BCUT2D eigenvalue weighted by Crippen LogP contribution is 2.20. The van der Waals surface area contributed by atoms with Gasteiger partial charge in [0.15, 0.2) is 4.96 Å². The molecule has 0 aliphatic carbocycles. The van der Waals surface area contributed by atoms with Gasteiger partial charge in [0.1, 0.15) is 9.84 Å². The quantitative estimate of drug-likeness (QED) is 0.822. The number of rotatable bonds is 6. The number of hydrogen-bond donors (Lipinski definition) is 1. The van der Waals surface area contributed by atoms with Crippen molar-refractivity contribution in [1.82, 2.24) is 14.7 Å². The summed E-state index contributed by atoms with van der Waals surface area (Å²) in [7, 11) is -2.85. The van der Waals surface area contributed by atoms with Gasteiger partial charge < -0.3 is 5.32 Å². The summed E-state index contributed by atoms with van der Waals surface area (Å²) in [4.78, 5) is 5.53. The lowest BCUT2D eigenvalue weighted by molar-refractivity contribution is 0.593. The van der Waals surface area contributed by atoms with Gasteiger partial charge in [0.2, 0.25) is 0 Å². The second kappa shape index (κ2) is 5.60.